The molecule has 12 N–H and O–H groups in total. The van der Waals surface area contributed by atoms with Crippen LogP contribution in [-0.4, -0.2) is 161 Å². The van der Waals surface area contributed by atoms with E-state index in [1.165, 1.54) is 24.3 Å². The summed E-state index contributed by atoms with van der Waals surface area (Å²) in [6.07, 6.45) is -25.1. The fraction of sp³-hybridized carbons (Fsp3) is 0.531. The highest BCUT2D eigenvalue weighted by Crippen LogP contribution is 2.47. The second-order valence-corrected chi connectivity index (χ2v) is 12.5. The molecule has 0 saturated carbocycles. The number of aromatic hydroxyl groups is 2. The van der Waals surface area contributed by atoms with E-state index in [4.69, 9.17) is 28.1 Å². The van der Waals surface area contributed by atoms with Crippen LogP contribution in [0.5, 0.6) is 17.2 Å². The van der Waals surface area contributed by atoms with Crippen LogP contribution in [0.25, 0.3) is 22.3 Å². The first-order valence-corrected chi connectivity index (χ1v) is 15.8. The zero-order valence-corrected chi connectivity index (χ0v) is 26.4. The van der Waals surface area contributed by atoms with E-state index in [1.807, 2.05) is 0 Å². The molecular weight excluding hydrogens is 688 g/mol. The average Bonchev–Trinajstić information content (AvgIpc) is 3.11. The Morgan fingerprint density at radius 2 is 1.35 bits per heavy atom. The Kier molecular flexibility index (Phi) is 10.8. The minimum Gasteiger partial charge on any atom is -0.508 e. The lowest BCUT2D eigenvalue weighted by molar-refractivity contribution is -0.325. The van der Waals surface area contributed by atoms with Crippen molar-refractivity contribution >= 4 is 11.0 Å². The number of rotatable bonds is 8. The number of phenols is 2. The first kappa shape index (κ1) is 37.3. The van der Waals surface area contributed by atoms with Gasteiger partial charge in [0, 0.05) is 17.7 Å². The van der Waals surface area contributed by atoms with Crippen LogP contribution in [0.4, 0.5) is 0 Å². The Bertz CT molecular complexity index is 1730. The molecule has 0 spiro atoms. The largest absolute Gasteiger partial charge is 0.508 e. The van der Waals surface area contributed by atoms with Gasteiger partial charge in [-0.05, 0) is 24.3 Å². The molecular formula is C32H38O19. The van der Waals surface area contributed by atoms with Gasteiger partial charge in [0.25, 0.3) is 0 Å². The number of phenolic OH excluding ortho intramolecular Hbond substituents is 2. The second kappa shape index (κ2) is 14.8. The first-order chi connectivity index (χ1) is 24.2. The second-order valence-electron chi connectivity index (χ2n) is 12.5. The number of hydrogen-bond acceptors (Lipinski definition) is 19. The summed E-state index contributed by atoms with van der Waals surface area (Å²) in [4.78, 5) is 13.6. The lowest BCUT2D eigenvalue weighted by Gasteiger charge is -2.45. The fourth-order valence-electron chi connectivity index (χ4n) is 6.25. The van der Waals surface area contributed by atoms with Gasteiger partial charge in [-0.15, -0.1) is 0 Å². The normalized spacial score (nSPS) is 37.4. The molecule has 2 aromatic carbocycles. The summed E-state index contributed by atoms with van der Waals surface area (Å²) in [7, 11) is 0. The zero-order chi connectivity index (χ0) is 36.9. The van der Waals surface area contributed by atoms with Crippen LogP contribution in [0.2, 0.25) is 0 Å². The van der Waals surface area contributed by atoms with E-state index in [9.17, 15) is 66.1 Å². The van der Waals surface area contributed by atoms with Gasteiger partial charge < -0.3 is 89.4 Å². The van der Waals surface area contributed by atoms with E-state index in [-0.39, 0.29) is 17.1 Å². The van der Waals surface area contributed by atoms with E-state index in [0.717, 1.165) is 12.1 Å². The molecule has 6 rings (SSSR count). The molecule has 14 atom stereocenters. The van der Waals surface area contributed by atoms with Gasteiger partial charge in [0.15, 0.2) is 11.7 Å². The lowest BCUT2D eigenvalue weighted by Crippen LogP contribution is -2.60. The molecule has 19 heteroatoms. The standard InChI is InChI=1S/C32H38O19/c33-7-17-23(40)26(43)30(51-31-27(44)21(38)13(37)9-46-31)29(48-17)20-16(49-32-28(45)25(42)22(39)18(8-34)50-32)6-15-19(24(20)41)12(36)5-14(47-15)10-1-3-11(35)4-2-10/h1-6,13,17-18,21-23,25-35,37-45H,7-9H2. The van der Waals surface area contributed by atoms with Crippen LogP contribution in [0.3, 0.4) is 0 Å². The van der Waals surface area contributed by atoms with E-state index in [1.54, 1.807) is 0 Å². The Balaban J connectivity index is 1.52. The molecule has 0 amide bonds. The van der Waals surface area contributed by atoms with Crippen LogP contribution in [0.15, 0.2) is 45.6 Å². The third kappa shape index (κ3) is 6.90. The first-order valence-electron chi connectivity index (χ1n) is 15.8. The molecule has 3 aliphatic rings. The molecule has 3 fully saturated rings. The SMILES string of the molecule is O=c1cc(-c2ccc(O)cc2)oc2cc(OC3OC(CO)C(O)C(O)C3O)c(C3OC(CO)C(O)C(O)C3OC3OCC(O)C(O)C3O)c(O)c12. The predicted octanol–water partition coefficient (Wildman–Crippen LogP) is -3.97. The van der Waals surface area contributed by atoms with Gasteiger partial charge in [-0.3, -0.25) is 4.79 Å². The van der Waals surface area contributed by atoms with Gasteiger partial charge >= 0.3 is 0 Å². The van der Waals surface area contributed by atoms with Crippen molar-refractivity contribution < 1.29 is 89.4 Å². The Morgan fingerprint density at radius 3 is 2.02 bits per heavy atom. The maximum Gasteiger partial charge on any atom is 0.229 e. The Morgan fingerprint density at radius 1 is 0.725 bits per heavy atom. The summed E-state index contributed by atoms with van der Waals surface area (Å²) in [5.74, 6) is -1.56. The Labute approximate surface area is 286 Å². The highest BCUT2D eigenvalue weighted by molar-refractivity contribution is 5.88. The van der Waals surface area contributed by atoms with E-state index in [0.29, 0.717) is 5.56 Å². The van der Waals surface area contributed by atoms with Crippen LogP contribution < -0.4 is 10.2 Å². The van der Waals surface area contributed by atoms with Crippen LogP contribution in [-0.2, 0) is 18.9 Å². The number of ether oxygens (including phenoxy) is 5. The van der Waals surface area contributed by atoms with Gasteiger partial charge in [-0.25, -0.2) is 0 Å². The molecule has 1 aromatic heterocycles. The number of aliphatic hydroxyl groups excluding tert-OH is 10. The van der Waals surface area contributed by atoms with Crippen molar-refractivity contribution in [2.24, 2.45) is 0 Å². The molecule has 0 bridgehead atoms. The van der Waals surface area contributed by atoms with Crippen molar-refractivity contribution in [2.45, 2.75) is 85.8 Å². The third-order valence-electron chi connectivity index (χ3n) is 9.14. The predicted molar refractivity (Wildman–Crippen MR) is 165 cm³/mol. The van der Waals surface area contributed by atoms with Crippen molar-refractivity contribution in [1.29, 1.82) is 0 Å². The van der Waals surface area contributed by atoms with Crippen molar-refractivity contribution in [3.05, 3.63) is 52.2 Å². The summed E-state index contributed by atoms with van der Waals surface area (Å²) >= 11 is 0. The van der Waals surface area contributed by atoms with Crippen LogP contribution >= 0.6 is 0 Å². The van der Waals surface area contributed by atoms with Crippen LogP contribution in [0.1, 0.15) is 11.7 Å². The quantitative estimate of drug-likeness (QED) is 0.105. The van der Waals surface area contributed by atoms with Crippen molar-refractivity contribution in [1.82, 2.24) is 0 Å². The topological polar surface area (TPSA) is 319 Å². The number of benzene rings is 2. The summed E-state index contributed by atoms with van der Waals surface area (Å²) in [5, 5.41) is 125. The fourth-order valence-corrected chi connectivity index (χ4v) is 6.25. The van der Waals surface area contributed by atoms with Gasteiger partial charge in [-0.1, -0.05) is 0 Å². The molecule has 3 aliphatic heterocycles. The van der Waals surface area contributed by atoms with E-state index < -0.39 is 134 Å². The van der Waals surface area contributed by atoms with E-state index >= 15 is 0 Å². The maximum atomic E-state index is 13.6. The maximum absolute atomic E-state index is 13.6. The van der Waals surface area contributed by atoms with Gasteiger partial charge in [0.05, 0.1) is 25.4 Å². The molecule has 3 saturated heterocycles. The summed E-state index contributed by atoms with van der Waals surface area (Å²) in [6, 6.07) is 7.62. The van der Waals surface area contributed by atoms with Crippen molar-refractivity contribution in [3.8, 4) is 28.6 Å². The van der Waals surface area contributed by atoms with Crippen molar-refractivity contribution in [2.75, 3.05) is 19.8 Å². The summed E-state index contributed by atoms with van der Waals surface area (Å²) < 4.78 is 34.3. The van der Waals surface area contributed by atoms with E-state index in [2.05, 4.69) is 0 Å². The van der Waals surface area contributed by atoms with Crippen molar-refractivity contribution in [3.63, 3.8) is 0 Å². The van der Waals surface area contributed by atoms with Crippen LogP contribution in [0, 0.1) is 0 Å². The molecule has 280 valence electrons. The van der Waals surface area contributed by atoms with Gasteiger partial charge in [0.2, 0.25) is 6.29 Å². The molecule has 0 aliphatic carbocycles. The lowest BCUT2D eigenvalue weighted by atomic mass is 9.89. The highest BCUT2D eigenvalue weighted by Gasteiger charge is 2.52. The van der Waals surface area contributed by atoms with Gasteiger partial charge in [0.1, 0.15) is 107 Å². The summed E-state index contributed by atoms with van der Waals surface area (Å²) in [5.41, 5.74) is -1.36. The third-order valence-corrected chi connectivity index (χ3v) is 9.14. The number of hydrogen-bond donors (Lipinski definition) is 12. The molecule has 51 heavy (non-hydrogen) atoms. The minimum atomic E-state index is -2.00. The smallest absolute Gasteiger partial charge is 0.229 e. The monoisotopic (exact) mass is 726 g/mol. The molecule has 3 aromatic rings. The molecule has 19 nitrogen and oxygen atoms in total. The molecule has 14 unspecified atom stereocenters. The zero-order valence-electron chi connectivity index (χ0n) is 26.4. The molecule has 4 heterocycles. The highest BCUT2D eigenvalue weighted by atomic mass is 16.7. The number of aliphatic hydroxyl groups is 10. The summed E-state index contributed by atoms with van der Waals surface area (Å²) in [6.45, 7) is -2.26. The van der Waals surface area contributed by atoms with Gasteiger partial charge in [-0.2, -0.15) is 0 Å². The molecule has 0 radical (unpaired) electrons. The Hall–Kier alpha value is -3.51. The minimum absolute atomic E-state index is 0.0309. The number of fused-ring (bicyclic) bond motifs is 1. The average molecular weight is 727 g/mol.